The molecule has 0 aliphatic heterocycles. The maximum atomic E-state index is 13.0. The van der Waals surface area contributed by atoms with Gasteiger partial charge in [0, 0.05) is 61.1 Å². The van der Waals surface area contributed by atoms with Gasteiger partial charge in [0.25, 0.3) is 0 Å². The van der Waals surface area contributed by atoms with Crippen LogP contribution in [-0.2, 0) is 28.7 Å². The normalized spacial score (nSPS) is 29.9. The molecule has 2 heterocycles. The highest BCUT2D eigenvalue weighted by Crippen LogP contribution is 2.59. The van der Waals surface area contributed by atoms with Crippen LogP contribution < -0.4 is 9.80 Å². The van der Waals surface area contributed by atoms with E-state index in [0.29, 0.717) is 0 Å². The lowest BCUT2D eigenvalue weighted by Gasteiger charge is -2.51. The molecule has 0 atom stereocenters. The smallest absolute Gasteiger partial charge is 0.311 e. The van der Waals surface area contributed by atoms with E-state index < -0.39 is 0 Å². The van der Waals surface area contributed by atoms with E-state index in [1.807, 2.05) is 38.4 Å². The Balaban J connectivity index is 0.000000175. The number of pyridine rings is 2. The molecule has 0 aromatic carbocycles. The van der Waals surface area contributed by atoms with Crippen molar-refractivity contribution in [3.63, 3.8) is 0 Å². The summed E-state index contributed by atoms with van der Waals surface area (Å²) >= 11 is 0. The van der Waals surface area contributed by atoms with Gasteiger partial charge in [-0.15, -0.1) is 0 Å². The van der Waals surface area contributed by atoms with E-state index in [4.69, 9.17) is 9.47 Å². The Kier molecular flexibility index (Phi) is 8.82. The standard InChI is InChI=1S/2C17H22N2O3/c2*1-19(13-3-11-18-12-4-13)14(20)16-5-8-17(9-6-16,10-7-16)15(21)22-2/h2*3-4,11-12H,5-10H2,1-2H3. The monoisotopic (exact) mass is 604 g/mol. The largest absolute Gasteiger partial charge is 0.469 e. The Morgan fingerprint density at radius 3 is 1.02 bits per heavy atom. The van der Waals surface area contributed by atoms with Gasteiger partial charge < -0.3 is 19.3 Å². The number of hydrogen-bond donors (Lipinski definition) is 0. The lowest BCUT2D eigenvalue weighted by molar-refractivity contribution is -0.166. The second-order valence-electron chi connectivity index (χ2n) is 13.2. The highest BCUT2D eigenvalue weighted by Gasteiger charge is 2.58. The molecule has 2 aromatic heterocycles. The minimum Gasteiger partial charge on any atom is -0.469 e. The van der Waals surface area contributed by atoms with Crippen LogP contribution in [0.25, 0.3) is 0 Å². The van der Waals surface area contributed by atoms with E-state index in [1.165, 1.54) is 14.2 Å². The molecule has 6 fully saturated rings. The second-order valence-corrected chi connectivity index (χ2v) is 13.2. The maximum absolute atomic E-state index is 13.0. The summed E-state index contributed by atoms with van der Waals surface area (Å²) in [5.41, 5.74) is 0.425. The average molecular weight is 605 g/mol. The first kappa shape index (κ1) is 31.6. The van der Waals surface area contributed by atoms with Gasteiger partial charge in [0.1, 0.15) is 0 Å². The minimum atomic E-state index is -0.341. The van der Waals surface area contributed by atoms with E-state index in [2.05, 4.69) is 9.97 Å². The molecule has 0 saturated heterocycles. The number of aromatic nitrogens is 2. The third-order valence-corrected chi connectivity index (χ3v) is 11.3. The SMILES string of the molecule is COC(=O)C12CCC(C(=O)N(C)c3ccncc3)(CC1)CC2.COC(=O)C12CCC(C(=O)N(C)c3ccncc3)(CC1)CC2. The van der Waals surface area contributed by atoms with Gasteiger partial charge >= 0.3 is 11.9 Å². The van der Waals surface area contributed by atoms with Gasteiger partial charge in [-0.3, -0.25) is 29.1 Å². The van der Waals surface area contributed by atoms with E-state index >= 15 is 0 Å². The molecule has 0 unspecified atom stereocenters. The molecule has 6 aliphatic carbocycles. The third kappa shape index (κ3) is 5.48. The van der Waals surface area contributed by atoms with Crippen molar-refractivity contribution in [3.05, 3.63) is 49.1 Å². The van der Waals surface area contributed by atoms with Gasteiger partial charge in [0.05, 0.1) is 25.0 Å². The van der Waals surface area contributed by atoms with Gasteiger partial charge in [0.2, 0.25) is 11.8 Å². The van der Waals surface area contributed by atoms with Gasteiger partial charge in [-0.05, 0) is 101 Å². The topological polar surface area (TPSA) is 119 Å². The number of carbonyl (C=O) groups excluding carboxylic acids is 4. The fourth-order valence-electron chi connectivity index (χ4n) is 8.14. The van der Waals surface area contributed by atoms with Gasteiger partial charge in [0.15, 0.2) is 0 Å². The fourth-order valence-corrected chi connectivity index (χ4v) is 8.14. The Labute approximate surface area is 259 Å². The summed E-state index contributed by atoms with van der Waals surface area (Å²) in [5, 5.41) is 0. The van der Waals surface area contributed by atoms with E-state index in [9.17, 15) is 19.2 Å². The number of carbonyl (C=O) groups is 4. The first-order valence-corrected chi connectivity index (χ1v) is 15.6. The second kappa shape index (κ2) is 12.3. The van der Waals surface area contributed by atoms with Crippen molar-refractivity contribution in [3.8, 4) is 0 Å². The van der Waals surface area contributed by atoms with Crippen LogP contribution in [0, 0.1) is 21.7 Å². The Morgan fingerprint density at radius 2 is 0.773 bits per heavy atom. The zero-order chi connectivity index (χ0) is 31.6. The molecular formula is C34H44N4O6. The molecule has 2 aromatic rings. The summed E-state index contributed by atoms with van der Waals surface area (Å²) in [6.45, 7) is 0. The Morgan fingerprint density at radius 1 is 0.523 bits per heavy atom. The summed E-state index contributed by atoms with van der Waals surface area (Å²) in [4.78, 5) is 61.6. The van der Waals surface area contributed by atoms with Gasteiger partial charge in [-0.2, -0.15) is 0 Å². The lowest BCUT2D eigenvalue weighted by Crippen LogP contribution is -2.53. The zero-order valence-corrected chi connectivity index (χ0v) is 26.3. The molecule has 0 N–H and O–H groups in total. The highest BCUT2D eigenvalue weighted by molar-refractivity contribution is 5.98. The first-order chi connectivity index (χ1) is 21.1. The van der Waals surface area contributed by atoms with Crippen LogP contribution in [0.1, 0.15) is 77.0 Å². The van der Waals surface area contributed by atoms with E-state index in [-0.39, 0.29) is 45.4 Å². The van der Waals surface area contributed by atoms with Crippen LogP contribution in [0.2, 0.25) is 0 Å². The Hall–Kier alpha value is -3.82. The summed E-state index contributed by atoms with van der Waals surface area (Å²) < 4.78 is 9.96. The van der Waals surface area contributed by atoms with Crippen molar-refractivity contribution in [1.82, 2.24) is 9.97 Å². The predicted molar refractivity (Wildman–Crippen MR) is 164 cm³/mol. The molecule has 8 rings (SSSR count). The van der Waals surface area contributed by atoms with Crippen molar-refractivity contribution < 1.29 is 28.7 Å². The number of ether oxygens (including phenoxy) is 2. The Bertz CT molecular complexity index is 1230. The third-order valence-electron chi connectivity index (χ3n) is 11.3. The van der Waals surface area contributed by atoms with Crippen molar-refractivity contribution in [2.24, 2.45) is 21.7 Å². The van der Waals surface area contributed by atoms with Crippen LogP contribution in [0.15, 0.2) is 49.1 Å². The molecule has 6 saturated carbocycles. The van der Waals surface area contributed by atoms with E-state index in [1.54, 1.807) is 34.6 Å². The van der Waals surface area contributed by atoms with Gasteiger partial charge in [-0.1, -0.05) is 0 Å². The van der Waals surface area contributed by atoms with Crippen molar-refractivity contribution in [2.75, 3.05) is 38.1 Å². The summed E-state index contributed by atoms with van der Waals surface area (Å²) in [6.07, 6.45) is 16.0. The average Bonchev–Trinajstić information content (AvgIpc) is 3.12. The number of amides is 2. The number of rotatable bonds is 6. The lowest BCUT2D eigenvalue weighted by atomic mass is 9.53. The van der Waals surface area contributed by atoms with Crippen LogP contribution in [0.5, 0.6) is 0 Å². The van der Waals surface area contributed by atoms with Crippen LogP contribution in [0.3, 0.4) is 0 Å². The van der Waals surface area contributed by atoms with Crippen molar-refractivity contribution in [2.45, 2.75) is 77.0 Å². The molecule has 10 nitrogen and oxygen atoms in total. The minimum absolute atomic E-state index is 0.101. The number of hydrogen-bond acceptors (Lipinski definition) is 8. The van der Waals surface area contributed by atoms with Crippen LogP contribution in [-0.4, -0.2) is 62.0 Å². The number of anilines is 2. The summed E-state index contributed by atoms with van der Waals surface area (Å²) in [7, 11) is 6.55. The fraction of sp³-hybridized carbons (Fsp3) is 0.588. The molecule has 236 valence electrons. The molecule has 10 heteroatoms. The van der Waals surface area contributed by atoms with Crippen LogP contribution in [0.4, 0.5) is 11.4 Å². The number of fused-ring (bicyclic) bond motifs is 6. The maximum Gasteiger partial charge on any atom is 0.311 e. The van der Waals surface area contributed by atoms with Crippen molar-refractivity contribution in [1.29, 1.82) is 0 Å². The first-order valence-electron chi connectivity index (χ1n) is 15.6. The number of methoxy groups -OCH3 is 2. The van der Waals surface area contributed by atoms with E-state index in [0.717, 1.165) is 88.4 Å². The number of esters is 2. The molecule has 44 heavy (non-hydrogen) atoms. The summed E-state index contributed by atoms with van der Waals surface area (Å²) in [5.74, 6) is 0.125. The summed E-state index contributed by atoms with van der Waals surface area (Å²) in [6, 6.07) is 7.38. The molecule has 4 bridgehead atoms. The predicted octanol–water partition coefficient (Wildman–Crippen LogP) is 5.12. The highest BCUT2D eigenvalue weighted by atomic mass is 16.5. The van der Waals surface area contributed by atoms with Gasteiger partial charge in [-0.25, -0.2) is 0 Å². The molecule has 2 amide bonds. The quantitative estimate of drug-likeness (QED) is 0.417. The molecule has 0 radical (unpaired) electrons. The molecule has 6 aliphatic rings. The zero-order valence-electron chi connectivity index (χ0n) is 26.3. The van der Waals surface area contributed by atoms with Crippen molar-refractivity contribution >= 4 is 35.1 Å². The molecule has 0 spiro atoms. The number of nitrogens with zero attached hydrogens (tertiary/aromatic N) is 4. The van der Waals surface area contributed by atoms with Crippen LogP contribution >= 0.6 is 0 Å². The molecular weight excluding hydrogens is 560 g/mol.